The minimum absolute atomic E-state index is 0.105. The van der Waals surface area contributed by atoms with Crippen molar-refractivity contribution in [2.24, 2.45) is 0 Å². The van der Waals surface area contributed by atoms with E-state index in [0.29, 0.717) is 28.4 Å². The van der Waals surface area contributed by atoms with Crippen molar-refractivity contribution in [3.05, 3.63) is 59.6 Å². The number of halogens is 1. The summed E-state index contributed by atoms with van der Waals surface area (Å²) >= 11 is 0. The zero-order valence-electron chi connectivity index (χ0n) is 18.1. The van der Waals surface area contributed by atoms with E-state index < -0.39 is 0 Å². The van der Waals surface area contributed by atoms with Gasteiger partial charge in [-0.25, -0.2) is 4.39 Å². The summed E-state index contributed by atoms with van der Waals surface area (Å²) in [6.45, 7) is 5.42. The molecule has 4 rings (SSSR count). The molecule has 0 spiro atoms. The van der Waals surface area contributed by atoms with E-state index in [0.717, 1.165) is 18.6 Å². The van der Waals surface area contributed by atoms with Gasteiger partial charge in [-0.05, 0) is 56.2 Å². The Morgan fingerprint density at radius 3 is 2.48 bits per heavy atom. The first-order valence-electron chi connectivity index (χ1n) is 10.3. The molecule has 0 saturated carbocycles. The monoisotopic (exact) mass is 429 g/mol. The van der Waals surface area contributed by atoms with Crippen LogP contribution in [0.2, 0.25) is 0 Å². The Balaban J connectivity index is 0.000000478. The van der Waals surface area contributed by atoms with Crippen LogP contribution in [0.15, 0.2) is 46.9 Å². The summed E-state index contributed by atoms with van der Waals surface area (Å²) in [5.74, 6) is 1.23. The second kappa shape index (κ2) is 10.8. The van der Waals surface area contributed by atoms with Crippen molar-refractivity contribution in [2.75, 3.05) is 20.3 Å². The molecule has 1 N–H and O–H groups in total. The largest absolute Gasteiger partial charge is 0.497 e. The number of carbonyl (C=O) groups excluding carboxylic acids is 1. The first-order chi connectivity index (χ1) is 15.0. The van der Waals surface area contributed by atoms with Crippen LogP contribution in [0.1, 0.15) is 44.1 Å². The van der Waals surface area contributed by atoms with Gasteiger partial charge in [0.25, 0.3) is 0 Å². The van der Waals surface area contributed by atoms with Crippen LogP contribution < -0.4 is 14.8 Å². The Kier molecular flexibility index (Phi) is 7.89. The second-order valence-corrected chi connectivity index (χ2v) is 7.34. The molecule has 1 atom stereocenters. The summed E-state index contributed by atoms with van der Waals surface area (Å²) in [6.07, 6.45) is 2.56. The molecule has 1 aliphatic rings. The maximum atomic E-state index is 14.0. The Labute approximate surface area is 181 Å². The molecule has 1 aliphatic heterocycles. The third-order valence-corrected chi connectivity index (χ3v) is 4.84. The molecule has 2 aromatic carbocycles. The average molecular weight is 429 g/mol. The van der Waals surface area contributed by atoms with Crippen LogP contribution in [0.5, 0.6) is 11.5 Å². The first kappa shape index (κ1) is 22.6. The number of ether oxygens (including phenoxy) is 3. The highest BCUT2D eigenvalue weighted by Crippen LogP contribution is 2.28. The van der Waals surface area contributed by atoms with E-state index >= 15 is 0 Å². The standard InChI is InChI=1S/C20H20FNO4.C4H8O/c1-12(22-13(2)23)20-9-15-8-17(6-7-19(15)26-20)25-11-14-4-5-16(24-3)10-18(14)21;1-2-4-5-3-1/h4-10,12H,11H2,1-3H3,(H,22,23);1-4H2. The highest BCUT2D eigenvalue weighted by atomic mass is 19.1. The van der Waals surface area contributed by atoms with E-state index in [1.165, 1.54) is 32.9 Å². The van der Waals surface area contributed by atoms with E-state index in [9.17, 15) is 9.18 Å². The Morgan fingerprint density at radius 1 is 1.13 bits per heavy atom. The van der Waals surface area contributed by atoms with Crippen LogP contribution in [0, 0.1) is 5.82 Å². The van der Waals surface area contributed by atoms with Crippen molar-refractivity contribution in [3.63, 3.8) is 0 Å². The molecular weight excluding hydrogens is 401 g/mol. The molecular formula is C24H28FNO5. The number of amides is 1. The summed E-state index contributed by atoms with van der Waals surface area (Å²) < 4.78 is 35.4. The zero-order valence-corrected chi connectivity index (χ0v) is 18.1. The smallest absolute Gasteiger partial charge is 0.217 e. The van der Waals surface area contributed by atoms with Crippen molar-refractivity contribution >= 4 is 16.9 Å². The van der Waals surface area contributed by atoms with Gasteiger partial charge in [-0.3, -0.25) is 4.79 Å². The number of carbonyl (C=O) groups is 1. The lowest BCUT2D eigenvalue weighted by atomic mass is 10.2. The maximum Gasteiger partial charge on any atom is 0.217 e. The number of hydrogen-bond acceptors (Lipinski definition) is 5. The van der Waals surface area contributed by atoms with Crippen molar-refractivity contribution in [1.29, 1.82) is 0 Å². The second-order valence-electron chi connectivity index (χ2n) is 7.34. The van der Waals surface area contributed by atoms with Gasteiger partial charge in [0, 0.05) is 37.2 Å². The SMILES string of the molecule is C1CCOC1.COc1ccc(COc2ccc3oc(C(C)NC(C)=O)cc3c2)c(F)c1. The number of furan rings is 1. The number of fused-ring (bicyclic) bond motifs is 1. The van der Waals surface area contributed by atoms with E-state index in [2.05, 4.69) is 5.32 Å². The van der Waals surface area contributed by atoms with Crippen LogP contribution in [-0.2, 0) is 16.1 Å². The normalized spacial score (nSPS) is 13.9. The van der Waals surface area contributed by atoms with Crippen LogP contribution in [0.25, 0.3) is 11.0 Å². The van der Waals surface area contributed by atoms with Gasteiger partial charge < -0.3 is 23.9 Å². The molecule has 1 saturated heterocycles. The van der Waals surface area contributed by atoms with Gasteiger partial charge >= 0.3 is 0 Å². The molecule has 2 heterocycles. The fraction of sp³-hybridized carbons (Fsp3) is 0.375. The average Bonchev–Trinajstić information content (AvgIpc) is 3.45. The molecule has 0 bridgehead atoms. The number of methoxy groups -OCH3 is 1. The topological polar surface area (TPSA) is 69.9 Å². The third-order valence-electron chi connectivity index (χ3n) is 4.84. The molecule has 1 amide bonds. The zero-order chi connectivity index (χ0) is 22.2. The molecule has 7 heteroatoms. The van der Waals surface area contributed by atoms with E-state index in [1.54, 1.807) is 24.3 Å². The molecule has 166 valence electrons. The molecule has 31 heavy (non-hydrogen) atoms. The van der Waals surface area contributed by atoms with Gasteiger partial charge in [-0.2, -0.15) is 0 Å². The molecule has 1 unspecified atom stereocenters. The van der Waals surface area contributed by atoms with Crippen LogP contribution in [0.3, 0.4) is 0 Å². The van der Waals surface area contributed by atoms with Crippen molar-refractivity contribution in [3.8, 4) is 11.5 Å². The molecule has 0 radical (unpaired) electrons. The minimum Gasteiger partial charge on any atom is -0.497 e. The van der Waals surface area contributed by atoms with Crippen LogP contribution >= 0.6 is 0 Å². The fourth-order valence-electron chi connectivity index (χ4n) is 3.16. The quantitative estimate of drug-likeness (QED) is 0.587. The summed E-state index contributed by atoms with van der Waals surface area (Å²) in [4.78, 5) is 11.2. The highest BCUT2D eigenvalue weighted by molar-refractivity contribution is 5.80. The Morgan fingerprint density at radius 2 is 1.87 bits per heavy atom. The van der Waals surface area contributed by atoms with Crippen LogP contribution in [0.4, 0.5) is 4.39 Å². The lowest BCUT2D eigenvalue weighted by Gasteiger charge is -2.08. The van der Waals surface area contributed by atoms with Gasteiger partial charge in [0.15, 0.2) is 0 Å². The predicted octanol–water partition coefficient (Wildman–Crippen LogP) is 5.15. The summed E-state index contributed by atoms with van der Waals surface area (Å²) in [5, 5.41) is 3.63. The molecule has 3 aromatic rings. The van der Waals surface area contributed by atoms with E-state index in [4.69, 9.17) is 18.6 Å². The van der Waals surface area contributed by atoms with Crippen molar-refractivity contribution < 1.29 is 27.8 Å². The molecule has 1 fully saturated rings. The fourth-order valence-corrected chi connectivity index (χ4v) is 3.16. The lowest BCUT2D eigenvalue weighted by Crippen LogP contribution is -2.23. The molecule has 6 nitrogen and oxygen atoms in total. The third kappa shape index (κ3) is 6.46. The van der Waals surface area contributed by atoms with E-state index in [-0.39, 0.29) is 24.4 Å². The molecule has 0 aliphatic carbocycles. The predicted molar refractivity (Wildman–Crippen MR) is 116 cm³/mol. The maximum absolute atomic E-state index is 14.0. The first-order valence-corrected chi connectivity index (χ1v) is 10.3. The Hall–Kier alpha value is -3.06. The van der Waals surface area contributed by atoms with Gasteiger partial charge in [-0.1, -0.05) is 0 Å². The van der Waals surface area contributed by atoms with Gasteiger partial charge in [0.1, 0.15) is 35.3 Å². The minimum atomic E-state index is -0.375. The lowest BCUT2D eigenvalue weighted by molar-refractivity contribution is -0.119. The van der Waals surface area contributed by atoms with Gasteiger partial charge in [-0.15, -0.1) is 0 Å². The summed E-state index contributed by atoms with van der Waals surface area (Å²) in [5.41, 5.74) is 1.14. The number of nitrogens with one attached hydrogen (secondary N) is 1. The van der Waals surface area contributed by atoms with E-state index in [1.807, 2.05) is 19.1 Å². The Bertz CT molecular complexity index is 1000. The van der Waals surface area contributed by atoms with Crippen molar-refractivity contribution in [1.82, 2.24) is 5.32 Å². The summed E-state index contributed by atoms with van der Waals surface area (Å²) in [6, 6.07) is 11.7. The number of benzene rings is 2. The summed E-state index contributed by atoms with van der Waals surface area (Å²) in [7, 11) is 1.49. The number of rotatable bonds is 6. The molecule has 1 aromatic heterocycles. The van der Waals surface area contributed by atoms with Crippen LogP contribution in [-0.4, -0.2) is 26.2 Å². The highest BCUT2D eigenvalue weighted by Gasteiger charge is 2.13. The number of hydrogen-bond donors (Lipinski definition) is 1. The van der Waals surface area contributed by atoms with Gasteiger partial charge in [0.2, 0.25) is 5.91 Å². The van der Waals surface area contributed by atoms with Crippen molar-refractivity contribution in [2.45, 2.75) is 39.3 Å². The van der Waals surface area contributed by atoms with Gasteiger partial charge in [0.05, 0.1) is 13.2 Å².